The summed E-state index contributed by atoms with van der Waals surface area (Å²) in [4.78, 5) is 28.7. The number of rotatable bonds is 3. The Kier molecular flexibility index (Phi) is 4.75. The first kappa shape index (κ1) is 16.6. The Morgan fingerprint density at radius 1 is 1.00 bits per heavy atom. The molecule has 1 unspecified atom stereocenters. The molecule has 1 aromatic rings. The van der Waals surface area contributed by atoms with E-state index < -0.39 is 0 Å². The molecule has 0 saturated carbocycles. The van der Waals surface area contributed by atoms with Crippen LogP contribution in [0.15, 0.2) is 18.2 Å². The SMILES string of the molecule is O=C(Cc1ccc2c(c1)CCC2)N1CCN(C(=O)C2CCCO2)CC1. The van der Waals surface area contributed by atoms with Gasteiger partial charge in [0, 0.05) is 32.8 Å². The molecule has 0 aromatic heterocycles. The Morgan fingerprint density at radius 2 is 1.76 bits per heavy atom. The van der Waals surface area contributed by atoms with Gasteiger partial charge in [0.1, 0.15) is 6.10 Å². The Hall–Kier alpha value is -1.88. The van der Waals surface area contributed by atoms with Gasteiger partial charge in [-0.25, -0.2) is 0 Å². The molecule has 2 aliphatic heterocycles. The molecule has 0 N–H and O–H groups in total. The van der Waals surface area contributed by atoms with Crippen LogP contribution in [0.4, 0.5) is 0 Å². The molecule has 25 heavy (non-hydrogen) atoms. The second-order valence-electron chi connectivity index (χ2n) is 7.34. The Bertz CT molecular complexity index is 659. The molecule has 3 aliphatic rings. The van der Waals surface area contributed by atoms with E-state index in [1.54, 1.807) is 0 Å². The van der Waals surface area contributed by atoms with Crippen molar-refractivity contribution in [3.63, 3.8) is 0 Å². The maximum atomic E-state index is 12.6. The smallest absolute Gasteiger partial charge is 0.251 e. The number of fused-ring (bicyclic) bond motifs is 1. The van der Waals surface area contributed by atoms with Crippen LogP contribution in [0.5, 0.6) is 0 Å². The molecule has 0 bridgehead atoms. The predicted octanol–water partition coefficient (Wildman–Crippen LogP) is 1.57. The number of carbonyl (C=O) groups is 2. The topological polar surface area (TPSA) is 49.9 Å². The fraction of sp³-hybridized carbons (Fsp3) is 0.600. The molecule has 2 heterocycles. The molecular formula is C20H26N2O3. The summed E-state index contributed by atoms with van der Waals surface area (Å²) in [6.07, 6.45) is 5.55. The number of nitrogens with zero attached hydrogens (tertiary/aromatic N) is 2. The molecule has 5 heteroatoms. The van der Waals surface area contributed by atoms with Crippen molar-refractivity contribution in [2.24, 2.45) is 0 Å². The van der Waals surface area contributed by atoms with Gasteiger partial charge >= 0.3 is 0 Å². The maximum Gasteiger partial charge on any atom is 0.251 e. The number of aryl methyl sites for hydroxylation is 2. The van der Waals surface area contributed by atoms with Crippen LogP contribution in [0.3, 0.4) is 0 Å². The first-order valence-electron chi connectivity index (χ1n) is 9.49. The van der Waals surface area contributed by atoms with Gasteiger partial charge in [-0.1, -0.05) is 18.2 Å². The summed E-state index contributed by atoms with van der Waals surface area (Å²) in [5, 5.41) is 0. The van der Waals surface area contributed by atoms with Crippen molar-refractivity contribution in [1.82, 2.24) is 9.80 Å². The summed E-state index contributed by atoms with van der Waals surface area (Å²) in [5.41, 5.74) is 3.97. The minimum Gasteiger partial charge on any atom is -0.368 e. The number of piperazine rings is 1. The summed E-state index contributed by atoms with van der Waals surface area (Å²) < 4.78 is 5.49. The molecule has 0 radical (unpaired) electrons. The zero-order valence-electron chi connectivity index (χ0n) is 14.7. The standard InChI is InChI=1S/C20H26N2O3/c23-19(14-15-6-7-16-3-1-4-17(16)13-15)21-8-10-22(11-9-21)20(24)18-5-2-12-25-18/h6-7,13,18H,1-5,8-12,14H2. The van der Waals surface area contributed by atoms with Crippen LogP contribution in [0.2, 0.25) is 0 Å². The van der Waals surface area contributed by atoms with Crippen LogP contribution >= 0.6 is 0 Å². The van der Waals surface area contributed by atoms with Crippen LogP contribution in [-0.4, -0.2) is 60.5 Å². The van der Waals surface area contributed by atoms with Gasteiger partial charge in [-0.15, -0.1) is 0 Å². The number of hydrogen-bond acceptors (Lipinski definition) is 3. The van der Waals surface area contributed by atoms with Crippen molar-refractivity contribution in [3.05, 3.63) is 34.9 Å². The summed E-state index contributed by atoms with van der Waals surface area (Å²) >= 11 is 0. The lowest BCUT2D eigenvalue weighted by Crippen LogP contribution is -2.53. The number of carbonyl (C=O) groups excluding carboxylic acids is 2. The van der Waals surface area contributed by atoms with E-state index in [9.17, 15) is 9.59 Å². The van der Waals surface area contributed by atoms with E-state index in [0.29, 0.717) is 39.2 Å². The summed E-state index contributed by atoms with van der Waals surface area (Å²) in [5.74, 6) is 0.269. The van der Waals surface area contributed by atoms with E-state index in [2.05, 4.69) is 18.2 Å². The monoisotopic (exact) mass is 342 g/mol. The number of ether oxygens (including phenoxy) is 1. The predicted molar refractivity (Wildman–Crippen MR) is 94.3 cm³/mol. The van der Waals surface area contributed by atoms with Crippen LogP contribution in [0.25, 0.3) is 0 Å². The van der Waals surface area contributed by atoms with Gasteiger partial charge in [-0.3, -0.25) is 9.59 Å². The molecule has 1 atom stereocenters. The van der Waals surface area contributed by atoms with E-state index in [1.807, 2.05) is 9.80 Å². The molecule has 4 rings (SSSR count). The van der Waals surface area contributed by atoms with Crippen LogP contribution in [0.1, 0.15) is 36.0 Å². The van der Waals surface area contributed by atoms with Crippen molar-refractivity contribution >= 4 is 11.8 Å². The zero-order valence-corrected chi connectivity index (χ0v) is 14.7. The first-order chi connectivity index (χ1) is 12.2. The summed E-state index contributed by atoms with van der Waals surface area (Å²) in [6.45, 7) is 3.18. The molecule has 1 aromatic carbocycles. The molecule has 2 fully saturated rings. The zero-order chi connectivity index (χ0) is 17.2. The highest BCUT2D eigenvalue weighted by atomic mass is 16.5. The van der Waals surface area contributed by atoms with Crippen molar-refractivity contribution in [2.75, 3.05) is 32.8 Å². The van der Waals surface area contributed by atoms with Crippen molar-refractivity contribution in [2.45, 2.75) is 44.6 Å². The van der Waals surface area contributed by atoms with Crippen molar-refractivity contribution in [1.29, 1.82) is 0 Å². The fourth-order valence-electron chi connectivity index (χ4n) is 4.17. The van der Waals surface area contributed by atoms with Crippen molar-refractivity contribution < 1.29 is 14.3 Å². The second-order valence-corrected chi connectivity index (χ2v) is 7.34. The molecule has 2 amide bonds. The van der Waals surface area contributed by atoms with Gasteiger partial charge in [0.2, 0.25) is 5.91 Å². The average Bonchev–Trinajstić information content (AvgIpc) is 3.32. The maximum absolute atomic E-state index is 12.6. The van der Waals surface area contributed by atoms with Crippen LogP contribution in [0, 0.1) is 0 Å². The third-order valence-electron chi connectivity index (χ3n) is 5.67. The van der Waals surface area contributed by atoms with Gasteiger partial charge in [-0.05, 0) is 48.8 Å². The van der Waals surface area contributed by atoms with Gasteiger partial charge in [0.15, 0.2) is 0 Å². The minimum absolute atomic E-state index is 0.100. The minimum atomic E-state index is -0.256. The molecule has 134 valence electrons. The van der Waals surface area contributed by atoms with E-state index in [1.165, 1.54) is 24.0 Å². The lowest BCUT2D eigenvalue weighted by molar-refractivity contribution is -0.145. The van der Waals surface area contributed by atoms with Gasteiger partial charge < -0.3 is 14.5 Å². The average molecular weight is 342 g/mol. The van der Waals surface area contributed by atoms with E-state index in [4.69, 9.17) is 4.74 Å². The van der Waals surface area contributed by atoms with Crippen LogP contribution in [-0.2, 0) is 33.6 Å². The highest BCUT2D eigenvalue weighted by Gasteiger charge is 2.31. The quantitative estimate of drug-likeness (QED) is 0.838. The third-order valence-corrected chi connectivity index (χ3v) is 5.67. The summed E-state index contributed by atoms with van der Waals surface area (Å²) in [7, 11) is 0. The van der Waals surface area contributed by atoms with E-state index in [0.717, 1.165) is 24.8 Å². The molecule has 5 nitrogen and oxygen atoms in total. The second kappa shape index (κ2) is 7.16. The molecule has 0 spiro atoms. The highest BCUT2D eigenvalue weighted by molar-refractivity contribution is 5.82. The van der Waals surface area contributed by atoms with Crippen molar-refractivity contribution in [3.8, 4) is 0 Å². The first-order valence-corrected chi connectivity index (χ1v) is 9.49. The Morgan fingerprint density at radius 3 is 2.52 bits per heavy atom. The lowest BCUT2D eigenvalue weighted by Gasteiger charge is -2.35. The molecule has 2 saturated heterocycles. The highest BCUT2D eigenvalue weighted by Crippen LogP contribution is 2.23. The number of amides is 2. The normalized spacial score (nSPS) is 23.0. The number of hydrogen-bond donors (Lipinski definition) is 0. The number of benzene rings is 1. The van der Waals surface area contributed by atoms with Gasteiger partial charge in [-0.2, -0.15) is 0 Å². The van der Waals surface area contributed by atoms with E-state index in [-0.39, 0.29) is 17.9 Å². The molecule has 1 aliphatic carbocycles. The van der Waals surface area contributed by atoms with Gasteiger partial charge in [0.05, 0.1) is 6.42 Å². The lowest BCUT2D eigenvalue weighted by atomic mass is 10.0. The fourth-order valence-corrected chi connectivity index (χ4v) is 4.17. The van der Waals surface area contributed by atoms with E-state index >= 15 is 0 Å². The van der Waals surface area contributed by atoms with Gasteiger partial charge in [0.25, 0.3) is 5.91 Å². The summed E-state index contributed by atoms with van der Waals surface area (Å²) in [6, 6.07) is 6.49. The Labute approximate surface area is 148 Å². The third kappa shape index (κ3) is 3.56. The Balaban J connectivity index is 1.30. The largest absolute Gasteiger partial charge is 0.368 e. The molecular weight excluding hydrogens is 316 g/mol. The van der Waals surface area contributed by atoms with Crippen LogP contribution < -0.4 is 0 Å².